The SMILES string of the molecule is NCCCC[C@H](NC(=O)CCl)C(=O)O. The molecule has 0 saturated carbocycles. The van der Waals surface area contributed by atoms with Gasteiger partial charge in [-0.25, -0.2) is 4.79 Å². The van der Waals surface area contributed by atoms with Gasteiger partial charge in [-0.2, -0.15) is 0 Å². The number of nitrogens with two attached hydrogens (primary N) is 1. The van der Waals surface area contributed by atoms with Crippen LogP contribution in [0, 0.1) is 0 Å². The van der Waals surface area contributed by atoms with Crippen molar-refractivity contribution in [2.75, 3.05) is 12.4 Å². The number of aliphatic carboxylic acids is 1. The minimum absolute atomic E-state index is 0.222. The largest absolute Gasteiger partial charge is 0.480 e. The molecular weight excluding hydrogens is 208 g/mol. The highest BCUT2D eigenvalue weighted by molar-refractivity contribution is 6.27. The number of amides is 1. The second kappa shape index (κ2) is 7.58. The summed E-state index contributed by atoms with van der Waals surface area (Å²) in [7, 11) is 0. The van der Waals surface area contributed by atoms with Gasteiger partial charge in [-0.1, -0.05) is 0 Å². The zero-order valence-corrected chi connectivity index (χ0v) is 8.59. The number of carboxylic acid groups (broad SMARTS) is 1. The molecule has 1 amide bonds. The first-order valence-electron chi connectivity index (χ1n) is 4.40. The van der Waals surface area contributed by atoms with E-state index in [0.29, 0.717) is 19.4 Å². The molecule has 14 heavy (non-hydrogen) atoms. The average molecular weight is 223 g/mol. The quantitative estimate of drug-likeness (QED) is 0.415. The molecule has 5 nitrogen and oxygen atoms in total. The summed E-state index contributed by atoms with van der Waals surface area (Å²) in [5, 5.41) is 11.0. The first kappa shape index (κ1) is 13.2. The van der Waals surface area contributed by atoms with E-state index in [2.05, 4.69) is 5.32 Å². The monoisotopic (exact) mass is 222 g/mol. The lowest BCUT2D eigenvalue weighted by Crippen LogP contribution is -2.41. The molecule has 0 rings (SSSR count). The lowest BCUT2D eigenvalue weighted by Gasteiger charge is -2.12. The Morgan fingerprint density at radius 1 is 1.43 bits per heavy atom. The molecule has 0 aliphatic rings. The fourth-order valence-electron chi connectivity index (χ4n) is 0.983. The summed E-state index contributed by atoms with van der Waals surface area (Å²) in [6, 6.07) is -0.854. The van der Waals surface area contributed by atoms with Crippen LogP contribution in [0.5, 0.6) is 0 Å². The zero-order valence-electron chi connectivity index (χ0n) is 7.83. The number of hydrogen-bond donors (Lipinski definition) is 3. The van der Waals surface area contributed by atoms with E-state index in [1.807, 2.05) is 0 Å². The van der Waals surface area contributed by atoms with E-state index in [-0.39, 0.29) is 5.88 Å². The topological polar surface area (TPSA) is 92.4 Å². The third-order valence-corrected chi connectivity index (χ3v) is 1.94. The van der Waals surface area contributed by atoms with Crippen molar-refractivity contribution in [2.24, 2.45) is 5.73 Å². The first-order chi connectivity index (χ1) is 6.61. The number of unbranched alkanes of at least 4 members (excludes halogenated alkanes) is 1. The van der Waals surface area contributed by atoms with Crippen LogP contribution in [0.15, 0.2) is 0 Å². The molecule has 0 aromatic heterocycles. The lowest BCUT2D eigenvalue weighted by atomic mass is 10.1. The number of carbonyl (C=O) groups excluding carboxylic acids is 1. The maximum atomic E-state index is 10.8. The molecule has 6 heteroatoms. The first-order valence-corrected chi connectivity index (χ1v) is 4.93. The molecule has 0 saturated heterocycles. The van der Waals surface area contributed by atoms with Crippen molar-refractivity contribution >= 4 is 23.5 Å². The molecule has 0 spiro atoms. The molecule has 0 aromatic rings. The summed E-state index contributed by atoms with van der Waals surface area (Å²) in [4.78, 5) is 21.5. The summed E-state index contributed by atoms with van der Waals surface area (Å²) in [6.45, 7) is 0.524. The smallest absolute Gasteiger partial charge is 0.326 e. The number of halogens is 1. The van der Waals surface area contributed by atoms with Crippen molar-refractivity contribution in [1.82, 2.24) is 5.32 Å². The minimum atomic E-state index is -1.04. The highest BCUT2D eigenvalue weighted by atomic mass is 35.5. The maximum Gasteiger partial charge on any atom is 0.326 e. The van der Waals surface area contributed by atoms with Crippen LogP contribution in [0.3, 0.4) is 0 Å². The highest BCUT2D eigenvalue weighted by Crippen LogP contribution is 2.00. The molecule has 4 N–H and O–H groups in total. The Bertz CT molecular complexity index is 199. The summed E-state index contributed by atoms with van der Waals surface area (Å²) < 4.78 is 0. The Hall–Kier alpha value is -0.810. The van der Waals surface area contributed by atoms with Crippen LogP contribution in [0.4, 0.5) is 0 Å². The molecule has 0 aliphatic carbocycles. The van der Waals surface area contributed by atoms with Gasteiger partial charge in [0.1, 0.15) is 11.9 Å². The number of carboxylic acids is 1. The van der Waals surface area contributed by atoms with E-state index in [0.717, 1.165) is 6.42 Å². The van der Waals surface area contributed by atoms with Crippen LogP contribution in [0.2, 0.25) is 0 Å². The van der Waals surface area contributed by atoms with Crippen LogP contribution < -0.4 is 11.1 Å². The summed E-state index contributed by atoms with van der Waals surface area (Å²) in [6.07, 6.45) is 1.81. The van der Waals surface area contributed by atoms with Crippen molar-refractivity contribution in [3.8, 4) is 0 Å². The Kier molecular flexibility index (Phi) is 7.14. The fourth-order valence-corrected chi connectivity index (χ4v) is 1.06. The van der Waals surface area contributed by atoms with E-state index >= 15 is 0 Å². The summed E-state index contributed by atoms with van der Waals surface area (Å²) in [5.41, 5.74) is 5.26. The molecule has 82 valence electrons. The van der Waals surface area contributed by atoms with Crippen molar-refractivity contribution in [3.63, 3.8) is 0 Å². The van der Waals surface area contributed by atoms with Gasteiger partial charge in [-0.15, -0.1) is 11.6 Å². The number of alkyl halides is 1. The van der Waals surface area contributed by atoms with Crippen LogP contribution in [-0.2, 0) is 9.59 Å². The van der Waals surface area contributed by atoms with E-state index in [1.54, 1.807) is 0 Å². The van der Waals surface area contributed by atoms with Gasteiger partial charge in [0.15, 0.2) is 0 Å². The third-order valence-electron chi connectivity index (χ3n) is 1.70. The molecule has 0 heterocycles. The lowest BCUT2D eigenvalue weighted by molar-refractivity contribution is -0.141. The summed E-state index contributed by atoms with van der Waals surface area (Å²) in [5.74, 6) is -1.73. The van der Waals surface area contributed by atoms with Gasteiger partial charge in [0, 0.05) is 0 Å². The fraction of sp³-hybridized carbons (Fsp3) is 0.750. The van der Waals surface area contributed by atoms with Crippen LogP contribution in [-0.4, -0.2) is 35.4 Å². The standard InChI is InChI=1S/C8H15ClN2O3/c9-5-7(12)11-6(8(13)14)3-1-2-4-10/h6H,1-5,10H2,(H,11,12)(H,13,14)/t6-/m0/s1. The molecule has 0 aliphatic heterocycles. The number of nitrogens with one attached hydrogen (secondary N) is 1. The number of rotatable bonds is 7. The van der Waals surface area contributed by atoms with Crippen molar-refractivity contribution in [3.05, 3.63) is 0 Å². The van der Waals surface area contributed by atoms with Crippen LogP contribution in [0.1, 0.15) is 19.3 Å². The van der Waals surface area contributed by atoms with E-state index < -0.39 is 17.9 Å². The van der Waals surface area contributed by atoms with Crippen LogP contribution >= 0.6 is 11.6 Å². The van der Waals surface area contributed by atoms with Gasteiger partial charge < -0.3 is 16.2 Å². The maximum absolute atomic E-state index is 10.8. The van der Waals surface area contributed by atoms with Gasteiger partial charge in [0.25, 0.3) is 0 Å². The highest BCUT2D eigenvalue weighted by Gasteiger charge is 2.18. The second-order valence-corrected chi connectivity index (χ2v) is 3.14. The zero-order chi connectivity index (χ0) is 11.0. The van der Waals surface area contributed by atoms with Gasteiger partial charge >= 0.3 is 5.97 Å². The average Bonchev–Trinajstić information content (AvgIpc) is 2.16. The van der Waals surface area contributed by atoms with Gasteiger partial charge in [0.05, 0.1) is 0 Å². The van der Waals surface area contributed by atoms with Crippen molar-refractivity contribution < 1.29 is 14.7 Å². The molecule has 0 fully saturated rings. The van der Waals surface area contributed by atoms with E-state index in [9.17, 15) is 9.59 Å². The molecular formula is C8H15ClN2O3. The Labute approximate surface area is 87.6 Å². The van der Waals surface area contributed by atoms with Gasteiger partial charge in [-0.05, 0) is 25.8 Å². The normalized spacial score (nSPS) is 12.1. The number of carbonyl (C=O) groups is 2. The number of hydrogen-bond acceptors (Lipinski definition) is 3. The molecule has 0 radical (unpaired) electrons. The van der Waals surface area contributed by atoms with Crippen molar-refractivity contribution in [2.45, 2.75) is 25.3 Å². The molecule has 0 aromatic carbocycles. The minimum Gasteiger partial charge on any atom is -0.480 e. The van der Waals surface area contributed by atoms with E-state index in [1.165, 1.54) is 0 Å². The predicted molar refractivity (Wildman–Crippen MR) is 53.2 cm³/mol. The van der Waals surface area contributed by atoms with Crippen LogP contribution in [0.25, 0.3) is 0 Å². The third kappa shape index (κ3) is 5.77. The molecule has 1 atom stereocenters. The molecule has 0 unspecified atom stereocenters. The Morgan fingerprint density at radius 2 is 2.07 bits per heavy atom. The molecule has 0 bridgehead atoms. The van der Waals surface area contributed by atoms with Crippen molar-refractivity contribution in [1.29, 1.82) is 0 Å². The predicted octanol–water partition coefficient (Wildman–Crippen LogP) is -0.0764. The van der Waals surface area contributed by atoms with Gasteiger partial charge in [0.2, 0.25) is 5.91 Å². The van der Waals surface area contributed by atoms with Gasteiger partial charge in [-0.3, -0.25) is 4.79 Å². The summed E-state index contributed by atoms with van der Waals surface area (Å²) >= 11 is 5.24. The Balaban J connectivity index is 3.90. The second-order valence-electron chi connectivity index (χ2n) is 2.88. The van der Waals surface area contributed by atoms with E-state index in [4.69, 9.17) is 22.4 Å². The Morgan fingerprint density at radius 3 is 2.50 bits per heavy atom.